The first-order chi connectivity index (χ1) is 27.2. The fourth-order valence-corrected chi connectivity index (χ4v) is 13.9. The maximum atomic E-state index is 2.51. The summed E-state index contributed by atoms with van der Waals surface area (Å²) in [5.74, 6) is 3.31. The molecule has 0 amide bonds. The van der Waals surface area contributed by atoms with E-state index in [1.807, 2.05) is 11.8 Å². The summed E-state index contributed by atoms with van der Waals surface area (Å²) in [6.45, 7) is 9.72. The lowest BCUT2D eigenvalue weighted by atomic mass is 9.41. The second-order valence-electron chi connectivity index (χ2n) is 19.2. The van der Waals surface area contributed by atoms with Gasteiger partial charge in [-0.2, -0.15) is 0 Å². The molecule has 0 saturated heterocycles. The molecule has 5 aliphatic carbocycles. The van der Waals surface area contributed by atoms with Gasteiger partial charge in [0.2, 0.25) is 0 Å². The SMILES string of the molecule is CC1(C)CCC(C)(C)c2cc(N(c3ccc(-c4ccccc4)cc3)c3ccc(-c4cccc5c4C4(c6ccccc6S5)C5CC6CC(C5)CC4C6)cc3)ccc21. The van der Waals surface area contributed by atoms with E-state index in [9.17, 15) is 0 Å². The van der Waals surface area contributed by atoms with E-state index in [-0.39, 0.29) is 16.2 Å². The Morgan fingerprint density at radius 3 is 1.70 bits per heavy atom. The smallest absolute Gasteiger partial charge is 0.0464 e. The second kappa shape index (κ2) is 12.7. The predicted octanol–water partition coefficient (Wildman–Crippen LogP) is 15.0. The minimum atomic E-state index is 0.107. The van der Waals surface area contributed by atoms with E-state index < -0.39 is 0 Å². The molecule has 6 aromatic rings. The van der Waals surface area contributed by atoms with Gasteiger partial charge in [-0.05, 0) is 172 Å². The zero-order chi connectivity index (χ0) is 37.8. The van der Waals surface area contributed by atoms with E-state index in [1.54, 1.807) is 11.1 Å². The van der Waals surface area contributed by atoms with Crippen LogP contribution in [-0.2, 0) is 16.2 Å². The lowest BCUT2D eigenvalue weighted by Crippen LogP contribution is -2.57. The molecule has 12 rings (SSSR count). The molecule has 56 heavy (non-hydrogen) atoms. The van der Waals surface area contributed by atoms with Crippen molar-refractivity contribution in [1.82, 2.24) is 0 Å². The molecule has 6 aliphatic rings. The normalized spacial score (nSPS) is 26.0. The largest absolute Gasteiger partial charge is 0.310 e. The third-order valence-electron chi connectivity index (χ3n) is 15.2. The van der Waals surface area contributed by atoms with E-state index in [1.165, 1.54) is 105 Å². The average molecular weight is 748 g/mol. The van der Waals surface area contributed by atoms with E-state index >= 15 is 0 Å². The van der Waals surface area contributed by atoms with Gasteiger partial charge in [-0.3, -0.25) is 0 Å². The van der Waals surface area contributed by atoms with E-state index in [0.717, 1.165) is 23.7 Å². The summed E-state index contributed by atoms with van der Waals surface area (Å²) in [4.78, 5) is 5.46. The van der Waals surface area contributed by atoms with Crippen LogP contribution >= 0.6 is 11.8 Å². The molecule has 1 aliphatic heterocycles. The van der Waals surface area contributed by atoms with Crippen molar-refractivity contribution in [3.05, 3.63) is 162 Å². The number of anilines is 3. The molecule has 0 atom stereocenters. The number of rotatable bonds is 5. The van der Waals surface area contributed by atoms with Gasteiger partial charge < -0.3 is 4.90 Å². The topological polar surface area (TPSA) is 3.24 Å². The van der Waals surface area contributed by atoms with Crippen molar-refractivity contribution in [2.24, 2.45) is 23.7 Å². The van der Waals surface area contributed by atoms with Crippen molar-refractivity contribution in [1.29, 1.82) is 0 Å². The molecule has 1 spiro atoms. The number of nitrogens with zero attached hydrogens (tertiary/aromatic N) is 1. The highest BCUT2D eigenvalue weighted by molar-refractivity contribution is 7.99. The Labute approximate surface area is 338 Å². The summed E-state index contributed by atoms with van der Waals surface area (Å²) in [7, 11) is 0. The average Bonchev–Trinajstić information content (AvgIpc) is 3.22. The summed E-state index contributed by atoms with van der Waals surface area (Å²) >= 11 is 2.01. The lowest BCUT2D eigenvalue weighted by molar-refractivity contribution is -0.0441. The maximum absolute atomic E-state index is 2.51. The highest BCUT2D eigenvalue weighted by Gasteiger charge is 2.61. The van der Waals surface area contributed by atoms with Crippen molar-refractivity contribution in [2.45, 2.75) is 98.7 Å². The highest BCUT2D eigenvalue weighted by atomic mass is 32.2. The third-order valence-corrected chi connectivity index (χ3v) is 16.3. The summed E-state index contributed by atoms with van der Waals surface area (Å²) in [6, 6.07) is 53.6. The van der Waals surface area contributed by atoms with Gasteiger partial charge in [-0.25, -0.2) is 0 Å². The van der Waals surface area contributed by atoms with E-state index in [4.69, 9.17) is 0 Å². The Morgan fingerprint density at radius 2 is 1.02 bits per heavy atom. The van der Waals surface area contributed by atoms with Crippen LogP contribution in [0.1, 0.15) is 94.9 Å². The molecular formula is C54H53NS. The van der Waals surface area contributed by atoms with Crippen LogP contribution in [0.15, 0.2) is 149 Å². The van der Waals surface area contributed by atoms with Crippen LogP contribution < -0.4 is 4.90 Å². The molecule has 0 N–H and O–H groups in total. The Bertz CT molecular complexity index is 2430. The molecule has 0 unspecified atom stereocenters. The van der Waals surface area contributed by atoms with E-state index in [0.29, 0.717) is 0 Å². The molecule has 0 radical (unpaired) electrons. The monoisotopic (exact) mass is 747 g/mol. The van der Waals surface area contributed by atoms with Crippen LogP contribution in [0.25, 0.3) is 22.3 Å². The molecule has 2 heteroatoms. The summed E-state index contributed by atoms with van der Waals surface area (Å²) in [5, 5.41) is 0. The molecule has 4 fully saturated rings. The number of fused-ring (bicyclic) bond motifs is 3. The Kier molecular flexibility index (Phi) is 7.89. The van der Waals surface area contributed by atoms with Crippen LogP contribution in [0.5, 0.6) is 0 Å². The van der Waals surface area contributed by atoms with Gasteiger partial charge in [-0.1, -0.05) is 130 Å². The number of hydrogen-bond donors (Lipinski definition) is 0. The standard InChI is InChI=1S/C54H53NS/c1-52(2)27-28-53(3,4)48-34-44(25-26-46(48)52)55(42-21-17-38(18-22-42)37-11-6-5-7-12-37)43-23-19-39(20-24-43)45-13-10-16-50-51(45)54(47-14-8-9-15-49(47)56-50)40-30-35-29-36(32-40)33-41(54)31-35/h5-26,34-36,40-41H,27-33H2,1-4H3. The van der Waals surface area contributed by atoms with Crippen molar-refractivity contribution in [3.63, 3.8) is 0 Å². The maximum Gasteiger partial charge on any atom is 0.0464 e. The molecule has 4 saturated carbocycles. The first-order valence-corrected chi connectivity index (χ1v) is 22.1. The van der Waals surface area contributed by atoms with Crippen molar-refractivity contribution in [3.8, 4) is 22.3 Å². The molecular weight excluding hydrogens is 695 g/mol. The number of benzene rings is 6. The first kappa shape index (κ1) is 34.7. The minimum absolute atomic E-state index is 0.107. The molecule has 4 bridgehead atoms. The summed E-state index contributed by atoms with van der Waals surface area (Å²) in [6.07, 6.45) is 9.47. The van der Waals surface area contributed by atoms with Gasteiger partial charge in [0.05, 0.1) is 0 Å². The molecule has 280 valence electrons. The van der Waals surface area contributed by atoms with Crippen molar-refractivity contribution < 1.29 is 0 Å². The van der Waals surface area contributed by atoms with Crippen LogP contribution in [0.4, 0.5) is 17.1 Å². The van der Waals surface area contributed by atoms with Crippen molar-refractivity contribution in [2.75, 3.05) is 4.90 Å². The summed E-state index contributed by atoms with van der Waals surface area (Å²) < 4.78 is 0. The van der Waals surface area contributed by atoms with Gasteiger partial charge in [-0.15, -0.1) is 0 Å². The Hall–Kier alpha value is -4.53. The third kappa shape index (κ3) is 5.27. The number of hydrogen-bond acceptors (Lipinski definition) is 2. The lowest BCUT2D eigenvalue weighted by Gasteiger charge is -2.63. The van der Waals surface area contributed by atoms with Gasteiger partial charge in [0.1, 0.15) is 0 Å². The molecule has 1 heterocycles. The zero-order valence-electron chi connectivity index (χ0n) is 33.4. The summed E-state index contributed by atoms with van der Waals surface area (Å²) in [5.41, 5.74) is 15.5. The van der Waals surface area contributed by atoms with Crippen molar-refractivity contribution >= 4 is 28.8 Å². The van der Waals surface area contributed by atoms with Crippen LogP contribution in [0.2, 0.25) is 0 Å². The second-order valence-corrected chi connectivity index (χ2v) is 20.3. The van der Waals surface area contributed by atoms with Crippen LogP contribution in [0, 0.1) is 23.7 Å². The molecule has 1 nitrogen and oxygen atoms in total. The zero-order valence-corrected chi connectivity index (χ0v) is 34.2. The highest BCUT2D eigenvalue weighted by Crippen LogP contribution is 2.69. The van der Waals surface area contributed by atoms with Gasteiger partial charge in [0.15, 0.2) is 0 Å². The first-order valence-electron chi connectivity index (χ1n) is 21.3. The van der Waals surface area contributed by atoms with Gasteiger partial charge in [0, 0.05) is 32.3 Å². The molecule has 6 aromatic carbocycles. The predicted molar refractivity (Wildman–Crippen MR) is 236 cm³/mol. The molecule has 0 aromatic heterocycles. The van der Waals surface area contributed by atoms with Gasteiger partial charge in [0.25, 0.3) is 0 Å². The Morgan fingerprint density at radius 1 is 0.464 bits per heavy atom. The quantitative estimate of drug-likeness (QED) is 0.173. The van der Waals surface area contributed by atoms with Crippen LogP contribution in [-0.4, -0.2) is 0 Å². The minimum Gasteiger partial charge on any atom is -0.310 e. The fourth-order valence-electron chi connectivity index (χ4n) is 12.6. The van der Waals surface area contributed by atoms with Crippen LogP contribution in [0.3, 0.4) is 0 Å². The fraction of sp³-hybridized carbons (Fsp3) is 0.333. The Balaban J connectivity index is 1.04. The van der Waals surface area contributed by atoms with Gasteiger partial charge >= 0.3 is 0 Å². The van der Waals surface area contributed by atoms with E-state index in [2.05, 4.69) is 172 Å².